The van der Waals surface area contributed by atoms with Gasteiger partial charge in [-0.3, -0.25) is 4.79 Å². The first-order valence-electron chi connectivity index (χ1n) is 6.10. The summed E-state index contributed by atoms with van der Waals surface area (Å²) in [7, 11) is 0. The molecule has 0 N–H and O–H groups in total. The number of thiol groups is 1. The second kappa shape index (κ2) is 5.41. The van der Waals surface area contributed by atoms with Crippen molar-refractivity contribution in [2.45, 2.75) is 0 Å². The molecule has 0 saturated heterocycles. The van der Waals surface area contributed by atoms with Crippen LogP contribution in [-0.2, 0) is 0 Å². The topological polar surface area (TPSA) is 59.5 Å². The number of rotatable bonds is 3. The summed E-state index contributed by atoms with van der Waals surface area (Å²) in [5.74, 6) is 0.516. The fourth-order valence-corrected chi connectivity index (χ4v) is 2.03. The molecule has 0 aliphatic heterocycles. The monoisotopic (exact) mass is 300 g/mol. The van der Waals surface area contributed by atoms with Crippen LogP contribution < -0.4 is 10.2 Å². The first-order chi connectivity index (χ1) is 10.1. The predicted molar refractivity (Wildman–Crippen MR) is 81.3 cm³/mol. The number of ether oxygens (including phenoxy) is 1. The minimum Gasteiger partial charge on any atom is -0.460 e. The zero-order valence-electron chi connectivity index (χ0n) is 10.7. The molecule has 0 saturated carbocycles. The van der Waals surface area contributed by atoms with Gasteiger partial charge >= 0.3 is 0 Å². The second-order valence-electron chi connectivity index (χ2n) is 4.29. The first kappa shape index (κ1) is 13.4. The lowest BCUT2D eigenvalue weighted by molar-refractivity contribution is -0.259. The molecule has 3 aromatic rings. The average Bonchev–Trinajstić information content (AvgIpc) is 2.51. The van der Waals surface area contributed by atoms with Crippen LogP contribution in [0.1, 0.15) is 0 Å². The van der Waals surface area contributed by atoms with Crippen LogP contribution in [0.3, 0.4) is 0 Å². The van der Waals surface area contributed by atoms with Gasteiger partial charge in [-0.05, 0) is 24.3 Å². The normalized spacial score (nSPS) is 10.5. The zero-order valence-corrected chi connectivity index (χ0v) is 11.6. The van der Waals surface area contributed by atoms with Gasteiger partial charge in [-0.2, -0.15) is 0 Å². The lowest BCUT2D eigenvalue weighted by Crippen LogP contribution is -2.04. The first-order valence-corrected chi connectivity index (χ1v) is 6.50. The highest BCUT2D eigenvalue weighted by Gasteiger charge is 2.11. The van der Waals surface area contributed by atoms with Gasteiger partial charge in [0, 0.05) is 17.0 Å². The molecule has 0 bridgehead atoms. The molecule has 0 atom stereocenters. The quantitative estimate of drug-likeness (QED) is 0.590. The highest BCUT2D eigenvalue weighted by molar-refractivity contribution is 7.73. The van der Waals surface area contributed by atoms with E-state index in [-0.39, 0.29) is 11.2 Å². The van der Waals surface area contributed by atoms with Crippen molar-refractivity contribution >= 4 is 29.5 Å². The minimum atomic E-state index is -0.249. The van der Waals surface area contributed by atoms with Crippen molar-refractivity contribution in [3.8, 4) is 11.5 Å². The second-order valence-corrected chi connectivity index (χ2v) is 4.66. The van der Waals surface area contributed by atoms with E-state index in [1.807, 2.05) is 0 Å². The molecule has 0 radical (unpaired) electrons. The van der Waals surface area contributed by atoms with Gasteiger partial charge in [0.2, 0.25) is 24.0 Å². The standard InChI is InChI=1S/C15H10NO4S/c17-15-12-3-1-2-4-13(12)19-9-14(15)20-11-7-5-10(6-8-11)16(18)21/h1-9H,(H,18,21)/q+1. The van der Waals surface area contributed by atoms with Crippen LogP contribution in [0.5, 0.6) is 11.5 Å². The summed E-state index contributed by atoms with van der Waals surface area (Å²) in [5, 5.41) is 0.452. The van der Waals surface area contributed by atoms with E-state index in [1.165, 1.54) is 18.4 Å². The third-order valence-electron chi connectivity index (χ3n) is 2.93. The van der Waals surface area contributed by atoms with E-state index in [0.717, 1.165) is 0 Å². The van der Waals surface area contributed by atoms with Crippen molar-refractivity contribution in [3.05, 3.63) is 69.9 Å². The largest absolute Gasteiger partial charge is 0.460 e. The highest BCUT2D eigenvalue weighted by atomic mass is 32.1. The van der Waals surface area contributed by atoms with Crippen LogP contribution in [0.25, 0.3) is 11.0 Å². The van der Waals surface area contributed by atoms with E-state index in [0.29, 0.717) is 26.6 Å². The summed E-state index contributed by atoms with van der Waals surface area (Å²) in [5.41, 5.74) is 0.624. The highest BCUT2D eigenvalue weighted by Crippen LogP contribution is 2.23. The van der Waals surface area contributed by atoms with Crippen LogP contribution >= 0.6 is 12.8 Å². The molecule has 3 rings (SSSR count). The maximum absolute atomic E-state index is 12.3. The van der Waals surface area contributed by atoms with E-state index in [1.54, 1.807) is 36.4 Å². The Morgan fingerprint density at radius 3 is 2.48 bits per heavy atom. The number of fused-ring (bicyclic) bond motifs is 1. The van der Waals surface area contributed by atoms with Gasteiger partial charge in [0.1, 0.15) is 21.8 Å². The molecule has 5 nitrogen and oxygen atoms in total. The van der Waals surface area contributed by atoms with Crippen molar-refractivity contribution in [2.75, 3.05) is 0 Å². The van der Waals surface area contributed by atoms with Crippen molar-refractivity contribution in [3.63, 3.8) is 0 Å². The van der Waals surface area contributed by atoms with Crippen LogP contribution in [0.15, 0.2) is 64.0 Å². The van der Waals surface area contributed by atoms with Crippen LogP contribution in [-0.4, -0.2) is 4.17 Å². The van der Waals surface area contributed by atoms with E-state index < -0.39 is 0 Å². The molecule has 0 aliphatic rings. The molecule has 1 heterocycles. The zero-order chi connectivity index (χ0) is 14.8. The predicted octanol–water partition coefficient (Wildman–Crippen LogP) is 3.84. The maximum Gasteiger partial charge on any atom is 0.272 e. The molecule has 0 amide bonds. The molecule has 6 heteroatoms. The number of hydrogen-bond acceptors (Lipinski definition) is 4. The van der Waals surface area contributed by atoms with Gasteiger partial charge in [0.05, 0.1) is 5.39 Å². The fraction of sp³-hybridized carbons (Fsp3) is 0. The number of para-hydroxylation sites is 1. The fourth-order valence-electron chi connectivity index (χ4n) is 1.90. The Morgan fingerprint density at radius 1 is 1.05 bits per heavy atom. The van der Waals surface area contributed by atoms with Crippen molar-refractivity contribution in [2.24, 2.45) is 0 Å². The summed E-state index contributed by atoms with van der Waals surface area (Å²) in [6, 6.07) is 13.2. The molecule has 104 valence electrons. The van der Waals surface area contributed by atoms with Crippen LogP contribution in [0, 0.1) is 4.91 Å². The molecule has 0 unspecified atom stereocenters. The molecule has 21 heavy (non-hydrogen) atoms. The maximum atomic E-state index is 12.3. The Labute approximate surface area is 124 Å². The molecule has 0 spiro atoms. The van der Waals surface area contributed by atoms with Crippen molar-refractivity contribution in [1.82, 2.24) is 0 Å². The van der Waals surface area contributed by atoms with Gasteiger partial charge in [0.25, 0.3) is 5.69 Å². The van der Waals surface area contributed by atoms with Gasteiger partial charge < -0.3 is 9.15 Å². The number of hydrogen-bond donors (Lipinski definition) is 1. The molecule has 2 aromatic carbocycles. The molecular weight excluding hydrogens is 290 g/mol. The van der Waals surface area contributed by atoms with Crippen LogP contribution in [0.2, 0.25) is 0 Å². The third-order valence-corrected chi connectivity index (χ3v) is 3.16. The Balaban J connectivity index is 1.96. The smallest absolute Gasteiger partial charge is 0.272 e. The van der Waals surface area contributed by atoms with Gasteiger partial charge in [0.15, 0.2) is 0 Å². The van der Waals surface area contributed by atoms with Crippen molar-refractivity contribution < 1.29 is 13.3 Å². The van der Waals surface area contributed by atoms with E-state index in [4.69, 9.17) is 9.15 Å². The molecular formula is C15H10NO4S+. The third kappa shape index (κ3) is 2.66. The molecule has 1 aromatic heterocycles. The Hall–Kier alpha value is -2.60. The Kier molecular flexibility index (Phi) is 3.45. The van der Waals surface area contributed by atoms with Gasteiger partial charge in [-0.1, -0.05) is 12.1 Å². The summed E-state index contributed by atoms with van der Waals surface area (Å²) >= 11 is 3.65. The summed E-state index contributed by atoms with van der Waals surface area (Å²) in [6.07, 6.45) is 1.27. The Bertz CT molecular complexity index is 871. The SMILES string of the molecule is O=c1c(Oc2ccc([N+](=O)S)cc2)coc2ccccc12. The lowest BCUT2D eigenvalue weighted by atomic mass is 10.2. The average molecular weight is 300 g/mol. The summed E-state index contributed by atoms with van der Waals surface area (Å²) in [4.78, 5) is 23.2. The minimum absolute atomic E-state index is 0.0892. The molecule has 0 fully saturated rings. The number of nitrogens with zero attached hydrogens (tertiary/aromatic N) is 1. The van der Waals surface area contributed by atoms with E-state index >= 15 is 0 Å². The summed E-state index contributed by atoms with van der Waals surface area (Å²) < 4.78 is 11.3. The number of nitroso groups, excluding NO2 is 1. The van der Waals surface area contributed by atoms with E-state index in [9.17, 15) is 9.70 Å². The summed E-state index contributed by atoms with van der Waals surface area (Å²) in [6.45, 7) is 0. The van der Waals surface area contributed by atoms with E-state index in [2.05, 4.69) is 12.8 Å². The molecule has 0 aliphatic carbocycles. The van der Waals surface area contributed by atoms with Gasteiger partial charge in [-0.15, -0.1) is 0 Å². The lowest BCUT2D eigenvalue weighted by Gasteiger charge is -2.04. The van der Waals surface area contributed by atoms with Gasteiger partial charge in [-0.25, -0.2) is 0 Å². The Morgan fingerprint density at radius 2 is 1.76 bits per heavy atom. The van der Waals surface area contributed by atoms with Crippen molar-refractivity contribution in [1.29, 1.82) is 0 Å². The van der Waals surface area contributed by atoms with Crippen LogP contribution in [0.4, 0.5) is 5.69 Å². The number of benzene rings is 2.